The van der Waals surface area contributed by atoms with Gasteiger partial charge in [-0.3, -0.25) is 4.90 Å². The molecule has 1 unspecified atom stereocenters. The Labute approximate surface area is 132 Å². The topological polar surface area (TPSA) is 49.4 Å². The van der Waals surface area contributed by atoms with Crippen molar-refractivity contribution in [1.29, 1.82) is 0 Å². The molecule has 0 radical (unpaired) electrons. The highest BCUT2D eigenvalue weighted by Gasteiger charge is 2.22. The number of rotatable bonds is 6. The zero-order chi connectivity index (χ0) is 15.5. The van der Waals surface area contributed by atoms with Crippen LogP contribution in [0.25, 0.3) is 0 Å². The lowest BCUT2D eigenvalue weighted by Gasteiger charge is -2.23. The maximum atomic E-state index is 11.8. The molecule has 1 heterocycles. The molecule has 1 N–H and O–H groups in total. The summed E-state index contributed by atoms with van der Waals surface area (Å²) in [4.78, 5) is 2.78. The standard InChI is InChI=1S/C15H23ClN2O2S/c1-3-18-9-5-6-12(18)10-17-11-13-14(16)7-4-8-15(13)21(2,19)20/h4,7-8,12,17H,3,5-6,9-11H2,1-2H3. The maximum Gasteiger partial charge on any atom is 0.175 e. The Balaban J connectivity index is 2.03. The van der Waals surface area contributed by atoms with Crippen LogP contribution in [-0.4, -0.2) is 45.2 Å². The Hall–Kier alpha value is -0.620. The lowest BCUT2D eigenvalue weighted by molar-refractivity contribution is 0.260. The van der Waals surface area contributed by atoms with E-state index < -0.39 is 9.84 Å². The summed E-state index contributed by atoms with van der Waals surface area (Å²) in [5, 5.41) is 3.87. The van der Waals surface area contributed by atoms with Gasteiger partial charge in [0.25, 0.3) is 0 Å². The van der Waals surface area contributed by atoms with Crippen LogP contribution in [0.5, 0.6) is 0 Å². The molecule has 1 atom stereocenters. The predicted molar refractivity (Wildman–Crippen MR) is 86.5 cm³/mol. The second kappa shape index (κ2) is 7.09. The zero-order valence-corrected chi connectivity index (χ0v) is 14.2. The third kappa shape index (κ3) is 4.19. The lowest BCUT2D eigenvalue weighted by Crippen LogP contribution is -2.37. The van der Waals surface area contributed by atoms with E-state index in [1.54, 1.807) is 18.2 Å². The first-order valence-corrected chi connectivity index (χ1v) is 9.62. The van der Waals surface area contributed by atoms with Crippen LogP contribution in [0, 0.1) is 0 Å². The van der Waals surface area contributed by atoms with Crippen LogP contribution in [0.2, 0.25) is 5.02 Å². The van der Waals surface area contributed by atoms with E-state index in [4.69, 9.17) is 11.6 Å². The van der Waals surface area contributed by atoms with E-state index in [0.717, 1.165) is 19.6 Å². The molecule has 118 valence electrons. The van der Waals surface area contributed by atoms with Gasteiger partial charge < -0.3 is 5.32 Å². The highest BCUT2D eigenvalue weighted by molar-refractivity contribution is 7.90. The molecule has 1 aromatic rings. The van der Waals surface area contributed by atoms with Crippen molar-refractivity contribution in [1.82, 2.24) is 10.2 Å². The zero-order valence-electron chi connectivity index (χ0n) is 12.6. The molecule has 1 aliphatic rings. The molecule has 0 aliphatic carbocycles. The van der Waals surface area contributed by atoms with Crippen molar-refractivity contribution in [2.45, 2.75) is 37.2 Å². The monoisotopic (exact) mass is 330 g/mol. The quantitative estimate of drug-likeness (QED) is 0.869. The number of hydrogen-bond donors (Lipinski definition) is 1. The molecule has 1 aliphatic heterocycles. The van der Waals surface area contributed by atoms with Crippen molar-refractivity contribution in [3.05, 3.63) is 28.8 Å². The molecule has 1 fully saturated rings. The van der Waals surface area contributed by atoms with Crippen molar-refractivity contribution in [2.24, 2.45) is 0 Å². The number of nitrogens with zero attached hydrogens (tertiary/aromatic N) is 1. The van der Waals surface area contributed by atoms with Gasteiger partial charge in [0.2, 0.25) is 0 Å². The van der Waals surface area contributed by atoms with E-state index in [1.165, 1.54) is 19.1 Å². The molecule has 6 heteroatoms. The summed E-state index contributed by atoms with van der Waals surface area (Å²) >= 11 is 6.17. The Morgan fingerprint density at radius 2 is 2.19 bits per heavy atom. The molecule has 1 saturated heterocycles. The molecule has 21 heavy (non-hydrogen) atoms. The summed E-state index contributed by atoms with van der Waals surface area (Å²) in [6.07, 6.45) is 3.65. The molecule has 2 rings (SSSR count). The number of likely N-dealkylation sites (tertiary alicyclic amines) is 1. The van der Waals surface area contributed by atoms with E-state index in [2.05, 4.69) is 17.1 Å². The summed E-state index contributed by atoms with van der Waals surface area (Å²) in [6.45, 7) is 5.74. The molecule has 1 aromatic carbocycles. The second-order valence-corrected chi connectivity index (χ2v) is 7.94. The van der Waals surface area contributed by atoms with Gasteiger partial charge in [0.05, 0.1) is 4.90 Å². The fraction of sp³-hybridized carbons (Fsp3) is 0.600. The van der Waals surface area contributed by atoms with Gasteiger partial charge in [-0.15, -0.1) is 0 Å². The molecule has 0 amide bonds. The SMILES string of the molecule is CCN1CCCC1CNCc1c(Cl)cccc1S(C)(=O)=O. The normalized spacial score (nSPS) is 20.0. The number of halogens is 1. The van der Waals surface area contributed by atoms with Crippen molar-refractivity contribution in [3.8, 4) is 0 Å². The predicted octanol–water partition coefficient (Wildman–Crippen LogP) is 2.32. The van der Waals surface area contributed by atoms with Crippen LogP contribution in [-0.2, 0) is 16.4 Å². The number of hydrogen-bond acceptors (Lipinski definition) is 4. The van der Waals surface area contributed by atoms with Gasteiger partial charge in [0.1, 0.15) is 0 Å². The van der Waals surface area contributed by atoms with Crippen LogP contribution in [0.4, 0.5) is 0 Å². The van der Waals surface area contributed by atoms with E-state index in [-0.39, 0.29) is 0 Å². The summed E-state index contributed by atoms with van der Waals surface area (Å²) in [7, 11) is -3.26. The molecular weight excluding hydrogens is 308 g/mol. The smallest absolute Gasteiger partial charge is 0.175 e. The Morgan fingerprint density at radius 3 is 2.86 bits per heavy atom. The molecule has 0 aromatic heterocycles. The number of benzene rings is 1. The highest BCUT2D eigenvalue weighted by atomic mass is 35.5. The van der Waals surface area contributed by atoms with Crippen molar-refractivity contribution in [2.75, 3.05) is 25.9 Å². The van der Waals surface area contributed by atoms with Crippen molar-refractivity contribution >= 4 is 21.4 Å². The van der Waals surface area contributed by atoms with Crippen LogP contribution in [0.15, 0.2) is 23.1 Å². The van der Waals surface area contributed by atoms with Gasteiger partial charge in [-0.25, -0.2) is 8.42 Å². The van der Waals surface area contributed by atoms with Gasteiger partial charge in [-0.1, -0.05) is 24.6 Å². The van der Waals surface area contributed by atoms with Crippen LogP contribution < -0.4 is 5.32 Å². The Kier molecular flexibility index (Phi) is 5.66. The van der Waals surface area contributed by atoms with Crippen molar-refractivity contribution in [3.63, 3.8) is 0 Å². The highest BCUT2D eigenvalue weighted by Crippen LogP contribution is 2.24. The molecule has 4 nitrogen and oxygen atoms in total. The number of sulfone groups is 1. The first kappa shape index (κ1) is 16.7. The fourth-order valence-corrected chi connectivity index (χ4v) is 4.22. The largest absolute Gasteiger partial charge is 0.311 e. The summed E-state index contributed by atoms with van der Waals surface area (Å²) < 4.78 is 23.7. The molecule has 0 saturated carbocycles. The first-order chi connectivity index (χ1) is 9.93. The molecule has 0 bridgehead atoms. The van der Waals surface area contributed by atoms with Crippen molar-refractivity contribution < 1.29 is 8.42 Å². The molecule has 0 spiro atoms. The van der Waals surface area contributed by atoms with E-state index in [1.807, 2.05) is 0 Å². The minimum atomic E-state index is -3.26. The van der Waals surface area contributed by atoms with Crippen LogP contribution in [0.3, 0.4) is 0 Å². The minimum absolute atomic E-state index is 0.321. The van der Waals surface area contributed by atoms with Gasteiger partial charge in [-0.05, 0) is 38.1 Å². The Morgan fingerprint density at radius 1 is 1.43 bits per heavy atom. The third-order valence-electron chi connectivity index (χ3n) is 4.06. The average molecular weight is 331 g/mol. The third-order valence-corrected chi connectivity index (χ3v) is 5.60. The van der Waals surface area contributed by atoms with Gasteiger partial charge in [-0.2, -0.15) is 0 Å². The number of nitrogens with one attached hydrogen (secondary N) is 1. The summed E-state index contributed by atoms with van der Waals surface area (Å²) in [5.74, 6) is 0. The Bertz CT molecular complexity index is 589. The van der Waals surface area contributed by atoms with E-state index >= 15 is 0 Å². The second-order valence-electron chi connectivity index (χ2n) is 5.54. The van der Waals surface area contributed by atoms with Gasteiger partial charge in [0, 0.05) is 36.0 Å². The van der Waals surface area contributed by atoms with E-state index in [0.29, 0.717) is 28.1 Å². The van der Waals surface area contributed by atoms with Gasteiger partial charge in [0.15, 0.2) is 9.84 Å². The van der Waals surface area contributed by atoms with Crippen LogP contribution in [0.1, 0.15) is 25.3 Å². The lowest BCUT2D eigenvalue weighted by atomic mass is 10.2. The summed E-state index contributed by atoms with van der Waals surface area (Å²) in [6, 6.07) is 5.57. The fourth-order valence-electron chi connectivity index (χ4n) is 2.96. The minimum Gasteiger partial charge on any atom is -0.311 e. The van der Waals surface area contributed by atoms with Crippen LogP contribution >= 0.6 is 11.6 Å². The summed E-state index contributed by atoms with van der Waals surface area (Å²) in [5.41, 5.74) is 0.669. The van der Waals surface area contributed by atoms with E-state index in [9.17, 15) is 8.42 Å². The number of likely N-dealkylation sites (N-methyl/N-ethyl adjacent to an activating group) is 1. The molecular formula is C15H23ClN2O2S. The van der Waals surface area contributed by atoms with Gasteiger partial charge >= 0.3 is 0 Å². The maximum absolute atomic E-state index is 11.8. The average Bonchev–Trinajstić information content (AvgIpc) is 2.86. The first-order valence-electron chi connectivity index (χ1n) is 7.35.